The molecule has 0 bridgehead atoms. The van der Waals surface area contributed by atoms with Crippen LogP contribution in [0.4, 0.5) is 10.3 Å². The molecule has 1 aliphatic rings. The first-order chi connectivity index (χ1) is 9.29. The van der Waals surface area contributed by atoms with E-state index in [4.69, 9.17) is 4.74 Å². The molecule has 0 saturated heterocycles. The fourth-order valence-corrected chi connectivity index (χ4v) is 2.01. The maximum absolute atomic E-state index is 14.0. The zero-order valence-corrected chi connectivity index (χ0v) is 10.6. The summed E-state index contributed by atoms with van der Waals surface area (Å²) in [5, 5.41) is 11.0. The molecule has 0 aliphatic heterocycles. The maximum Gasteiger partial charge on any atom is 0.224 e. The number of ether oxygens (including phenoxy) is 1. The van der Waals surface area contributed by atoms with Gasteiger partial charge >= 0.3 is 0 Å². The Balaban J connectivity index is 1.73. The lowest BCUT2D eigenvalue weighted by molar-refractivity contribution is 0.384. The lowest BCUT2D eigenvalue weighted by atomic mass is 10.2. The second-order valence-electron chi connectivity index (χ2n) is 4.58. The average Bonchev–Trinajstić information content (AvgIpc) is 3.17. The van der Waals surface area contributed by atoms with Crippen LogP contribution in [-0.2, 0) is 6.54 Å². The highest BCUT2D eigenvalue weighted by Gasteiger charge is 2.26. The molecule has 1 N–H and O–H groups in total. The lowest BCUT2D eigenvalue weighted by Crippen LogP contribution is -2.08. The van der Waals surface area contributed by atoms with E-state index in [0.29, 0.717) is 24.1 Å². The Labute approximate surface area is 110 Å². The van der Waals surface area contributed by atoms with Crippen LogP contribution in [0.1, 0.15) is 24.4 Å². The molecule has 2 aromatic rings. The van der Waals surface area contributed by atoms with Crippen molar-refractivity contribution < 1.29 is 9.13 Å². The molecule has 0 amide bonds. The summed E-state index contributed by atoms with van der Waals surface area (Å²) in [5.74, 6) is 0.600. The maximum atomic E-state index is 14.0. The van der Waals surface area contributed by atoms with Crippen molar-refractivity contribution in [3.8, 4) is 5.75 Å². The summed E-state index contributed by atoms with van der Waals surface area (Å²) in [5.41, 5.74) is 0.546. The molecular formula is C13H15FN4O. The molecule has 1 aliphatic carbocycles. The summed E-state index contributed by atoms with van der Waals surface area (Å²) in [6, 6.07) is 5.59. The minimum atomic E-state index is -0.338. The van der Waals surface area contributed by atoms with Crippen LogP contribution in [-0.4, -0.2) is 21.9 Å². The van der Waals surface area contributed by atoms with E-state index in [1.807, 2.05) is 4.57 Å². The minimum Gasteiger partial charge on any atom is -0.494 e. The van der Waals surface area contributed by atoms with Gasteiger partial charge in [-0.05, 0) is 18.9 Å². The predicted octanol–water partition coefficient (Wildman–Crippen LogP) is 2.37. The molecule has 3 rings (SSSR count). The lowest BCUT2D eigenvalue weighted by Gasteiger charge is -2.10. The highest BCUT2D eigenvalue weighted by molar-refractivity contribution is 5.34. The number of hydrogen-bond donors (Lipinski definition) is 1. The normalized spacial score (nSPS) is 14.4. The molecule has 1 aromatic carbocycles. The quantitative estimate of drug-likeness (QED) is 0.898. The fraction of sp³-hybridized carbons (Fsp3) is 0.385. The Morgan fingerprint density at radius 1 is 1.47 bits per heavy atom. The Morgan fingerprint density at radius 2 is 2.32 bits per heavy atom. The van der Waals surface area contributed by atoms with Crippen molar-refractivity contribution >= 4 is 5.95 Å². The standard InChI is InChI=1S/C13H15FN4O/c1-19-11-4-2-3-9(12(11)14)7-15-13-17-16-8-18(13)10-5-6-10/h2-4,8,10H,5-7H2,1H3,(H,15,17). The van der Waals surface area contributed by atoms with E-state index in [2.05, 4.69) is 15.5 Å². The Morgan fingerprint density at radius 3 is 3.05 bits per heavy atom. The first kappa shape index (κ1) is 12.0. The zero-order valence-electron chi connectivity index (χ0n) is 10.6. The van der Waals surface area contributed by atoms with Gasteiger partial charge in [-0.15, -0.1) is 10.2 Å². The van der Waals surface area contributed by atoms with Crippen LogP contribution < -0.4 is 10.1 Å². The molecule has 1 heterocycles. The topological polar surface area (TPSA) is 52.0 Å². The van der Waals surface area contributed by atoms with E-state index in [1.165, 1.54) is 7.11 Å². The van der Waals surface area contributed by atoms with Crippen molar-refractivity contribution in [3.63, 3.8) is 0 Å². The number of rotatable bonds is 5. The highest BCUT2D eigenvalue weighted by atomic mass is 19.1. The van der Waals surface area contributed by atoms with Crippen molar-refractivity contribution in [1.82, 2.24) is 14.8 Å². The number of methoxy groups -OCH3 is 1. The van der Waals surface area contributed by atoms with Gasteiger partial charge in [0.2, 0.25) is 5.95 Å². The molecule has 19 heavy (non-hydrogen) atoms. The van der Waals surface area contributed by atoms with E-state index in [-0.39, 0.29) is 11.6 Å². The minimum absolute atomic E-state index is 0.253. The van der Waals surface area contributed by atoms with E-state index >= 15 is 0 Å². The molecule has 1 saturated carbocycles. The van der Waals surface area contributed by atoms with Crippen molar-refractivity contribution in [1.29, 1.82) is 0 Å². The Hall–Kier alpha value is -2.11. The zero-order chi connectivity index (χ0) is 13.2. The third-order valence-corrected chi connectivity index (χ3v) is 3.21. The van der Waals surface area contributed by atoms with Gasteiger partial charge in [0.1, 0.15) is 6.33 Å². The van der Waals surface area contributed by atoms with Gasteiger partial charge in [0, 0.05) is 18.2 Å². The van der Waals surface area contributed by atoms with E-state index in [0.717, 1.165) is 12.8 Å². The van der Waals surface area contributed by atoms with E-state index in [9.17, 15) is 4.39 Å². The van der Waals surface area contributed by atoms with Crippen molar-refractivity contribution in [2.75, 3.05) is 12.4 Å². The number of nitrogens with zero attached hydrogens (tertiary/aromatic N) is 3. The number of hydrogen-bond acceptors (Lipinski definition) is 4. The monoisotopic (exact) mass is 262 g/mol. The highest BCUT2D eigenvalue weighted by Crippen LogP contribution is 2.36. The van der Waals surface area contributed by atoms with E-state index < -0.39 is 0 Å². The molecule has 1 fully saturated rings. The third kappa shape index (κ3) is 2.38. The number of halogens is 1. The predicted molar refractivity (Wildman–Crippen MR) is 68.6 cm³/mol. The van der Waals surface area contributed by atoms with Crippen molar-refractivity contribution in [2.45, 2.75) is 25.4 Å². The first-order valence-electron chi connectivity index (χ1n) is 6.24. The summed E-state index contributed by atoms with van der Waals surface area (Å²) in [6.07, 6.45) is 4.02. The Kier molecular flexibility index (Phi) is 3.06. The average molecular weight is 262 g/mol. The van der Waals surface area contributed by atoms with Crippen LogP contribution in [0, 0.1) is 5.82 Å². The number of nitrogens with one attached hydrogen (secondary N) is 1. The SMILES string of the molecule is COc1cccc(CNc2nncn2C2CC2)c1F. The van der Waals surface area contributed by atoms with Gasteiger partial charge in [-0.3, -0.25) is 4.57 Å². The van der Waals surface area contributed by atoms with Gasteiger partial charge in [-0.2, -0.15) is 0 Å². The molecule has 0 spiro atoms. The van der Waals surface area contributed by atoms with Crippen LogP contribution in [0.5, 0.6) is 5.75 Å². The van der Waals surface area contributed by atoms with Gasteiger partial charge in [-0.25, -0.2) is 4.39 Å². The van der Waals surface area contributed by atoms with Crippen molar-refractivity contribution in [3.05, 3.63) is 35.9 Å². The number of anilines is 1. The molecule has 6 heteroatoms. The number of aromatic nitrogens is 3. The molecule has 1 aromatic heterocycles. The summed E-state index contributed by atoms with van der Waals surface area (Å²) in [4.78, 5) is 0. The molecule has 100 valence electrons. The molecular weight excluding hydrogens is 247 g/mol. The van der Waals surface area contributed by atoms with E-state index in [1.54, 1.807) is 24.5 Å². The van der Waals surface area contributed by atoms with Crippen molar-refractivity contribution in [2.24, 2.45) is 0 Å². The fourth-order valence-electron chi connectivity index (χ4n) is 2.01. The smallest absolute Gasteiger partial charge is 0.224 e. The third-order valence-electron chi connectivity index (χ3n) is 3.21. The second kappa shape index (κ2) is 4.87. The Bertz CT molecular complexity index is 580. The number of benzene rings is 1. The molecule has 0 radical (unpaired) electrons. The second-order valence-corrected chi connectivity index (χ2v) is 4.58. The van der Waals surface area contributed by atoms with Gasteiger partial charge in [0.05, 0.1) is 7.11 Å². The van der Waals surface area contributed by atoms with Crippen LogP contribution in [0.3, 0.4) is 0 Å². The summed E-state index contributed by atoms with van der Waals surface area (Å²) in [6.45, 7) is 0.356. The molecule has 0 atom stereocenters. The van der Waals surface area contributed by atoms with Gasteiger partial charge in [0.15, 0.2) is 11.6 Å². The van der Waals surface area contributed by atoms with Crippen LogP contribution in [0.2, 0.25) is 0 Å². The molecule has 5 nitrogen and oxygen atoms in total. The van der Waals surface area contributed by atoms with Crippen LogP contribution in [0.15, 0.2) is 24.5 Å². The summed E-state index contributed by atoms with van der Waals surface area (Å²) < 4.78 is 20.9. The van der Waals surface area contributed by atoms with Gasteiger partial charge in [-0.1, -0.05) is 12.1 Å². The van der Waals surface area contributed by atoms with Crippen LogP contribution >= 0.6 is 0 Å². The van der Waals surface area contributed by atoms with Gasteiger partial charge in [0.25, 0.3) is 0 Å². The largest absolute Gasteiger partial charge is 0.494 e. The van der Waals surface area contributed by atoms with Gasteiger partial charge < -0.3 is 10.1 Å². The van der Waals surface area contributed by atoms with Crippen LogP contribution in [0.25, 0.3) is 0 Å². The first-order valence-corrected chi connectivity index (χ1v) is 6.24. The molecule has 0 unspecified atom stereocenters. The summed E-state index contributed by atoms with van der Waals surface area (Å²) >= 11 is 0. The summed E-state index contributed by atoms with van der Waals surface area (Å²) in [7, 11) is 1.46.